The lowest BCUT2D eigenvalue weighted by atomic mass is 10.2. The summed E-state index contributed by atoms with van der Waals surface area (Å²) in [4.78, 5) is 15.9. The summed E-state index contributed by atoms with van der Waals surface area (Å²) >= 11 is 0. The maximum Gasteiger partial charge on any atom is 0.270 e. The Morgan fingerprint density at radius 2 is 1.95 bits per heavy atom. The lowest BCUT2D eigenvalue weighted by Gasteiger charge is -2.05. The molecule has 0 unspecified atom stereocenters. The van der Waals surface area contributed by atoms with Crippen LogP contribution in [0.5, 0.6) is 0 Å². The number of hydrogen-bond acceptors (Lipinski definition) is 3. The van der Waals surface area contributed by atoms with Gasteiger partial charge in [0.25, 0.3) is 5.91 Å². The second-order valence-corrected chi connectivity index (χ2v) is 4.06. The highest BCUT2D eigenvalue weighted by Crippen LogP contribution is 2.04. The maximum atomic E-state index is 12.7. The van der Waals surface area contributed by atoms with E-state index in [4.69, 9.17) is 5.73 Å². The number of nitrogens with two attached hydrogens (primary N) is 1. The highest BCUT2D eigenvalue weighted by molar-refractivity contribution is 5.92. The average Bonchev–Trinajstić information content (AvgIpc) is 2.46. The van der Waals surface area contributed by atoms with Gasteiger partial charge < -0.3 is 11.1 Å². The van der Waals surface area contributed by atoms with E-state index in [2.05, 4.69) is 10.3 Å². The van der Waals surface area contributed by atoms with E-state index in [1.807, 2.05) is 0 Å². The fourth-order valence-corrected chi connectivity index (χ4v) is 1.60. The number of amides is 1. The second kappa shape index (κ2) is 6.06. The van der Waals surface area contributed by atoms with E-state index in [-0.39, 0.29) is 11.7 Å². The Balaban J connectivity index is 1.99. The van der Waals surface area contributed by atoms with Crippen LogP contribution in [0.1, 0.15) is 21.6 Å². The van der Waals surface area contributed by atoms with Crippen molar-refractivity contribution in [2.24, 2.45) is 5.73 Å². The van der Waals surface area contributed by atoms with Crippen molar-refractivity contribution >= 4 is 5.91 Å². The molecule has 98 valence electrons. The molecule has 1 amide bonds. The summed E-state index contributed by atoms with van der Waals surface area (Å²) in [5.41, 5.74) is 7.50. The molecule has 0 fully saturated rings. The number of nitrogens with zero attached hydrogens (tertiary/aromatic N) is 1. The Labute approximate surface area is 110 Å². The Hall–Kier alpha value is -2.27. The Kier molecular flexibility index (Phi) is 4.20. The minimum Gasteiger partial charge on any atom is -0.347 e. The van der Waals surface area contributed by atoms with Gasteiger partial charge >= 0.3 is 0 Å². The first-order valence-corrected chi connectivity index (χ1v) is 5.86. The number of rotatable bonds is 4. The molecular weight excluding hydrogens is 245 g/mol. The molecule has 0 aliphatic rings. The zero-order chi connectivity index (χ0) is 13.7. The summed E-state index contributed by atoms with van der Waals surface area (Å²) < 4.78 is 12.7. The summed E-state index contributed by atoms with van der Waals surface area (Å²) in [6.45, 7) is 0.689. The standard InChI is InChI=1S/C14H14FN3O/c15-12-3-1-10(2-4-12)9-18-14(19)13-7-11(8-16)5-6-17-13/h1-7H,8-9,16H2,(H,18,19). The number of nitrogens with one attached hydrogen (secondary N) is 1. The molecule has 0 atom stereocenters. The zero-order valence-corrected chi connectivity index (χ0v) is 10.3. The monoisotopic (exact) mass is 259 g/mol. The van der Waals surface area contributed by atoms with Crippen LogP contribution in [-0.2, 0) is 13.1 Å². The molecule has 1 aromatic carbocycles. The zero-order valence-electron chi connectivity index (χ0n) is 10.3. The van der Waals surface area contributed by atoms with Crippen molar-refractivity contribution in [1.29, 1.82) is 0 Å². The van der Waals surface area contributed by atoms with Gasteiger partial charge in [0.05, 0.1) is 0 Å². The molecule has 0 saturated carbocycles. The first-order valence-electron chi connectivity index (χ1n) is 5.86. The van der Waals surface area contributed by atoms with Crippen LogP contribution in [-0.4, -0.2) is 10.9 Å². The van der Waals surface area contributed by atoms with Gasteiger partial charge in [0.1, 0.15) is 11.5 Å². The van der Waals surface area contributed by atoms with Crippen LogP contribution in [0, 0.1) is 5.82 Å². The van der Waals surface area contributed by atoms with Crippen molar-refractivity contribution < 1.29 is 9.18 Å². The van der Waals surface area contributed by atoms with E-state index in [1.54, 1.807) is 30.5 Å². The van der Waals surface area contributed by atoms with Crippen LogP contribution in [0.25, 0.3) is 0 Å². The molecule has 0 bridgehead atoms. The van der Waals surface area contributed by atoms with Crippen LogP contribution in [0.2, 0.25) is 0 Å². The average molecular weight is 259 g/mol. The number of halogens is 1. The summed E-state index contributed by atoms with van der Waals surface area (Å²) in [5.74, 6) is -0.577. The van der Waals surface area contributed by atoms with Gasteiger partial charge in [-0.3, -0.25) is 9.78 Å². The lowest BCUT2D eigenvalue weighted by molar-refractivity contribution is 0.0946. The molecule has 0 spiro atoms. The van der Waals surface area contributed by atoms with Crippen LogP contribution in [0.4, 0.5) is 4.39 Å². The minimum absolute atomic E-state index is 0.278. The van der Waals surface area contributed by atoms with Gasteiger partial charge in [-0.05, 0) is 35.4 Å². The van der Waals surface area contributed by atoms with E-state index in [0.29, 0.717) is 18.8 Å². The van der Waals surface area contributed by atoms with Crippen LogP contribution in [0.3, 0.4) is 0 Å². The Morgan fingerprint density at radius 1 is 1.21 bits per heavy atom. The van der Waals surface area contributed by atoms with Crippen molar-refractivity contribution in [3.8, 4) is 0 Å². The summed E-state index contributed by atoms with van der Waals surface area (Å²) in [6.07, 6.45) is 1.55. The molecule has 0 aliphatic carbocycles. The van der Waals surface area contributed by atoms with E-state index in [9.17, 15) is 9.18 Å². The van der Waals surface area contributed by atoms with Crippen molar-refractivity contribution in [2.75, 3.05) is 0 Å². The van der Waals surface area contributed by atoms with Gasteiger partial charge in [-0.1, -0.05) is 12.1 Å². The number of hydrogen-bond donors (Lipinski definition) is 2. The largest absolute Gasteiger partial charge is 0.347 e. The molecule has 1 aromatic heterocycles. The molecule has 5 heteroatoms. The molecule has 4 nitrogen and oxygen atoms in total. The van der Waals surface area contributed by atoms with Gasteiger partial charge in [0.15, 0.2) is 0 Å². The smallest absolute Gasteiger partial charge is 0.270 e. The molecule has 2 rings (SSSR count). The first-order chi connectivity index (χ1) is 9.19. The number of carbonyl (C=O) groups is 1. The maximum absolute atomic E-state index is 12.7. The lowest BCUT2D eigenvalue weighted by Crippen LogP contribution is -2.24. The van der Waals surface area contributed by atoms with E-state index in [0.717, 1.165) is 11.1 Å². The van der Waals surface area contributed by atoms with Crippen molar-refractivity contribution in [2.45, 2.75) is 13.1 Å². The van der Waals surface area contributed by atoms with Gasteiger partial charge in [-0.2, -0.15) is 0 Å². The predicted octanol–water partition coefficient (Wildman–Crippen LogP) is 1.61. The first kappa shape index (κ1) is 13.2. The molecule has 0 radical (unpaired) electrons. The van der Waals surface area contributed by atoms with Crippen molar-refractivity contribution in [3.05, 3.63) is 65.2 Å². The normalized spacial score (nSPS) is 10.2. The third-order valence-electron chi connectivity index (χ3n) is 2.66. The Morgan fingerprint density at radius 3 is 2.63 bits per heavy atom. The molecule has 3 N–H and O–H groups in total. The third-order valence-corrected chi connectivity index (χ3v) is 2.66. The quantitative estimate of drug-likeness (QED) is 0.876. The highest BCUT2D eigenvalue weighted by Gasteiger charge is 2.07. The predicted molar refractivity (Wildman–Crippen MR) is 69.7 cm³/mol. The van der Waals surface area contributed by atoms with E-state index < -0.39 is 0 Å². The second-order valence-electron chi connectivity index (χ2n) is 4.06. The number of aromatic nitrogens is 1. The van der Waals surface area contributed by atoms with Gasteiger partial charge in [-0.25, -0.2) is 4.39 Å². The summed E-state index contributed by atoms with van der Waals surface area (Å²) in [5, 5.41) is 2.72. The molecule has 0 aliphatic heterocycles. The SMILES string of the molecule is NCc1ccnc(C(=O)NCc2ccc(F)cc2)c1. The van der Waals surface area contributed by atoms with Crippen molar-refractivity contribution in [3.63, 3.8) is 0 Å². The molecule has 0 saturated heterocycles. The number of benzene rings is 1. The molecule has 1 heterocycles. The van der Waals surface area contributed by atoms with Gasteiger partial charge in [0, 0.05) is 19.3 Å². The minimum atomic E-state index is -0.299. The van der Waals surface area contributed by atoms with E-state index >= 15 is 0 Å². The topological polar surface area (TPSA) is 68.0 Å². The molecule has 2 aromatic rings. The van der Waals surface area contributed by atoms with Crippen LogP contribution in [0.15, 0.2) is 42.6 Å². The van der Waals surface area contributed by atoms with Crippen molar-refractivity contribution in [1.82, 2.24) is 10.3 Å². The number of carbonyl (C=O) groups excluding carboxylic acids is 1. The van der Waals surface area contributed by atoms with E-state index in [1.165, 1.54) is 12.1 Å². The van der Waals surface area contributed by atoms with Gasteiger partial charge in [0.2, 0.25) is 0 Å². The van der Waals surface area contributed by atoms with Crippen LogP contribution >= 0.6 is 0 Å². The van der Waals surface area contributed by atoms with Crippen LogP contribution < -0.4 is 11.1 Å². The fourth-order valence-electron chi connectivity index (χ4n) is 1.60. The molecule has 19 heavy (non-hydrogen) atoms. The third kappa shape index (κ3) is 3.59. The Bertz CT molecular complexity index is 569. The fraction of sp³-hybridized carbons (Fsp3) is 0.143. The van der Waals surface area contributed by atoms with Gasteiger partial charge in [-0.15, -0.1) is 0 Å². The number of pyridine rings is 1. The summed E-state index contributed by atoms with van der Waals surface area (Å²) in [6, 6.07) is 9.37. The summed E-state index contributed by atoms with van der Waals surface area (Å²) in [7, 11) is 0. The highest BCUT2D eigenvalue weighted by atomic mass is 19.1. The molecular formula is C14H14FN3O.